The fourth-order valence-electron chi connectivity index (χ4n) is 3.73. The van der Waals surface area contributed by atoms with Crippen molar-refractivity contribution in [3.8, 4) is 0 Å². The van der Waals surface area contributed by atoms with Crippen LogP contribution in [0.5, 0.6) is 0 Å². The maximum atomic E-state index is 3.72. The molecule has 0 saturated heterocycles. The minimum Gasteiger partial charge on any atom is -0.314 e. The molecule has 0 bridgehead atoms. The van der Waals surface area contributed by atoms with Crippen LogP contribution in [0.4, 0.5) is 0 Å². The molecule has 0 amide bonds. The van der Waals surface area contributed by atoms with Gasteiger partial charge in [0, 0.05) is 25.2 Å². The molecular weight excluding hydrogens is 244 g/mol. The third-order valence-corrected chi connectivity index (χ3v) is 5.32. The summed E-state index contributed by atoms with van der Waals surface area (Å²) in [5.41, 5.74) is 0.486. The predicted molar refractivity (Wildman–Crippen MR) is 90.1 cm³/mol. The van der Waals surface area contributed by atoms with Gasteiger partial charge >= 0.3 is 0 Å². The molecule has 0 aromatic rings. The lowest BCUT2D eigenvalue weighted by molar-refractivity contribution is 0.0641. The molecule has 1 N–H and O–H groups in total. The van der Waals surface area contributed by atoms with Crippen molar-refractivity contribution < 1.29 is 0 Å². The van der Waals surface area contributed by atoms with Crippen LogP contribution in [-0.4, -0.2) is 37.1 Å². The normalized spacial score (nSPS) is 29.4. The summed E-state index contributed by atoms with van der Waals surface area (Å²) in [6.45, 7) is 16.4. The fraction of sp³-hybridized carbons (Fsp3) is 1.00. The molecule has 0 aliphatic heterocycles. The van der Waals surface area contributed by atoms with Crippen molar-refractivity contribution in [3.63, 3.8) is 0 Å². The number of nitrogens with zero attached hydrogens (tertiary/aromatic N) is 1. The predicted octanol–water partition coefficient (Wildman–Crippen LogP) is 4.16. The van der Waals surface area contributed by atoms with Crippen molar-refractivity contribution in [2.24, 2.45) is 17.3 Å². The quantitative estimate of drug-likeness (QED) is 0.754. The molecule has 1 fully saturated rings. The highest BCUT2D eigenvalue weighted by atomic mass is 15.1. The van der Waals surface area contributed by atoms with E-state index in [9.17, 15) is 0 Å². The zero-order valence-corrected chi connectivity index (χ0v) is 15.0. The first-order valence-corrected chi connectivity index (χ1v) is 8.69. The lowest BCUT2D eigenvalue weighted by Crippen LogP contribution is -2.49. The molecule has 3 atom stereocenters. The largest absolute Gasteiger partial charge is 0.314 e. The topological polar surface area (TPSA) is 15.3 Å². The van der Waals surface area contributed by atoms with Crippen LogP contribution in [-0.2, 0) is 0 Å². The van der Waals surface area contributed by atoms with Gasteiger partial charge in [0.25, 0.3) is 0 Å². The van der Waals surface area contributed by atoms with Gasteiger partial charge in [-0.3, -0.25) is 0 Å². The van der Waals surface area contributed by atoms with E-state index >= 15 is 0 Å². The van der Waals surface area contributed by atoms with Crippen molar-refractivity contribution in [1.29, 1.82) is 0 Å². The average molecular weight is 283 g/mol. The Hall–Kier alpha value is -0.0800. The maximum Gasteiger partial charge on any atom is 0.00871 e. The van der Waals surface area contributed by atoms with E-state index in [-0.39, 0.29) is 0 Å². The second kappa shape index (κ2) is 7.79. The van der Waals surface area contributed by atoms with Gasteiger partial charge < -0.3 is 10.2 Å². The van der Waals surface area contributed by atoms with Crippen LogP contribution in [0.1, 0.15) is 67.2 Å². The minimum absolute atomic E-state index is 0.486. The van der Waals surface area contributed by atoms with Crippen LogP contribution in [0.2, 0.25) is 0 Å². The van der Waals surface area contributed by atoms with E-state index in [4.69, 9.17) is 0 Å². The molecule has 1 rings (SSSR count). The van der Waals surface area contributed by atoms with Crippen LogP contribution in [0.15, 0.2) is 0 Å². The van der Waals surface area contributed by atoms with Crippen molar-refractivity contribution in [2.45, 2.75) is 79.3 Å². The molecular formula is C18H38N2. The van der Waals surface area contributed by atoms with Crippen molar-refractivity contribution in [2.75, 3.05) is 20.1 Å². The summed E-state index contributed by atoms with van der Waals surface area (Å²) in [7, 11) is 2.32. The van der Waals surface area contributed by atoms with Gasteiger partial charge in [-0.25, -0.2) is 0 Å². The van der Waals surface area contributed by atoms with Gasteiger partial charge in [-0.1, -0.05) is 47.5 Å². The average Bonchev–Trinajstić information content (AvgIpc) is 2.35. The van der Waals surface area contributed by atoms with Gasteiger partial charge in [0.1, 0.15) is 0 Å². The monoisotopic (exact) mass is 282 g/mol. The van der Waals surface area contributed by atoms with E-state index in [0.29, 0.717) is 17.5 Å². The highest BCUT2D eigenvalue weighted by Gasteiger charge is 2.36. The van der Waals surface area contributed by atoms with Crippen molar-refractivity contribution >= 4 is 0 Å². The molecule has 0 radical (unpaired) electrons. The highest BCUT2D eigenvalue weighted by Crippen LogP contribution is 2.40. The van der Waals surface area contributed by atoms with Crippen LogP contribution in [0.3, 0.4) is 0 Å². The van der Waals surface area contributed by atoms with E-state index in [1.165, 1.54) is 38.8 Å². The van der Waals surface area contributed by atoms with Crippen LogP contribution >= 0.6 is 0 Å². The van der Waals surface area contributed by atoms with Gasteiger partial charge in [-0.2, -0.15) is 0 Å². The molecule has 1 saturated carbocycles. The minimum atomic E-state index is 0.486. The first kappa shape index (κ1) is 18.0. The Morgan fingerprint density at radius 2 is 1.85 bits per heavy atom. The third kappa shape index (κ3) is 5.37. The van der Waals surface area contributed by atoms with Gasteiger partial charge in [0.2, 0.25) is 0 Å². The smallest absolute Gasteiger partial charge is 0.00871 e. The molecule has 0 heterocycles. The molecule has 0 spiro atoms. The number of hydrogen-bond acceptors (Lipinski definition) is 2. The second-order valence-corrected chi connectivity index (χ2v) is 8.14. The molecule has 120 valence electrons. The Morgan fingerprint density at radius 3 is 2.35 bits per heavy atom. The summed E-state index contributed by atoms with van der Waals surface area (Å²) >= 11 is 0. The van der Waals surface area contributed by atoms with E-state index < -0.39 is 0 Å². The molecule has 0 aromatic carbocycles. The van der Waals surface area contributed by atoms with E-state index in [2.05, 4.69) is 58.8 Å². The number of hydrogen-bond donors (Lipinski definition) is 1. The fourth-order valence-corrected chi connectivity index (χ4v) is 3.73. The molecule has 3 unspecified atom stereocenters. The Balaban J connectivity index is 2.71. The molecule has 1 aliphatic rings. The summed E-state index contributed by atoms with van der Waals surface area (Å²) in [5, 5.41) is 3.72. The van der Waals surface area contributed by atoms with E-state index in [0.717, 1.165) is 11.8 Å². The maximum absolute atomic E-state index is 3.72. The van der Waals surface area contributed by atoms with Crippen molar-refractivity contribution in [1.82, 2.24) is 10.2 Å². The van der Waals surface area contributed by atoms with Crippen LogP contribution in [0.25, 0.3) is 0 Å². The summed E-state index contributed by atoms with van der Waals surface area (Å²) < 4.78 is 0. The Morgan fingerprint density at radius 1 is 1.20 bits per heavy atom. The first-order valence-electron chi connectivity index (χ1n) is 8.69. The first-order chi connectivity index (χ1) is 9.26. The van der Waals surface area contributed by atoms with Crippen molar-refractivity contribution in [3.05, 3.63) is 0 Å². The molecule has 20 heavy (non-hydrogen) atoms. The van der Waals surface area contributed by atoms with Gasteiger partial charge in [-0.15, -0.1) is 0 Å². The molecule has 2 nitrogen and oxygen atoms in total. The molecule has 0 aromatic heterocycles. The number of rotatable bonds is 7. The zero-order valence-electron chi connectivity index (χ0n) is 15.0. The SMILES string of the molecule is CC1CCCC(CNC(C)C)(CN(C)C(C)C(C)C)C1. The number of nitrogens with one attached hydrogen (secondary N) is 1. The van der Waals surface area contributed by atoms with Gasteiger partial charge in [0.05, 0.1) is 0 Å². The second-order valence-electron chi connectivity index (χ2n) is 8.14. The molecule has 2 heteroatoms. The third-order valence-electron chi connectivity index (χ3n) is 5.32. The summed E-state index contributed by atoms with van der Waals surface area (Å²) in [4.78, 5) is 2.60. The van der Waals surface area contributed by atoms with E-state index in [1.54, 1.807) is 0 Å². The van der Waals surface area contributed by atoms with Crippen LogP contribution in [0, 0.1) is 17.3 Å². The van der Waals surface area contributed by atoms with E-state index in [1.807, 2.05) is 0 Å². The zero-order chi connectivity index (χ0) is 15.3. The lowest BCUT2D eigenvalue weighted by atomic mass is 9.69. The summed E-state index contributed by atoms with van der Waals surface area (Å²) in [6.07, 6.45) is 5.62. The lowest BCUT2D eigenvalue weighted by Gasteiger charge is -2.45. The Kier molecular flexibility index (Phi) is 7.00. The van der Waals surface area contributed by atoms with Gasteiger partial charge in [-0.05, 0) is 44.1 Å². The standard InChI is InChI=1S/C18H38N2/c1-14(2)17(6)20(7)13-18(12-19-15(3)4)10-8-9-16(5)11-18/h14-17,19H,8-13H2,1-7H3. The summed E-state index contributed by atoms with van der Waals surface area (Å²) in [6, 6.07) is 1.26. The molecule has 1 aliphatic carbocycles. The summed E-state index contributed by atoms with van der Waals surface area (Å²) in [5.74, 6) is 1.62. The Labute approximate surface area is 127 Å². The highest BCUT2D eigenvalue weighted by molar-refractivity contribution is 4.91. The van der Waals surface area contributed by atoms with Crippen LogP contribution < -0.4 is 5.32 Å². The Bertz CT molecular complexity index is 275. The van der Waals surface area contributed by atoms with Gasteiger partial charge in [0.15, 0.2) is 0 Å².